The topological polar surface area (TPSA) is 113 Å². The molecule has 0 atom stereocenters. The summed E-state index contributed by atoms with van der Waals surface area (Å²) in [5.74, 6) is -0.583. The summed E-state index contributed by atoms with van der Waals surface area (Å²) in [6, 6.07) is 25.9. The van der Waals surface area contributed by atoms with Crippen LogP contribution in [0.3, 0.4) is 0 Å². The summed E-state index contributed by atoms with van der Waals surface area (Å²) in [7, 11) is -7.89. The van der Waals surface area contributed by atoms with Crippen molar-refractivity contribution in [2.45, 2.75) is 30.6 Å². The molecule has 39 heavy (non-hydrogen) atoms. The highest BCUT2D eigenvalue weighted by Crippen LogP contribution is 2.25. The lowest BCUT2D eigenvalue weighted by atomic mass is 10.1. The van der Waals surface area contributed by atoms with E-state index in [1.54, 1.807) is 42.5 Å². The van der Waals surface area contributed by atoms with E-state index in [1.165, 1.54) is 36.4 Å². The van der Waals surface area contributed by atoms with Crippen LogP contribution in [0.1, 0.15) is 16.7 Å². The third-order valence-electron chi connectivity index (χ3n) is 5.99. The number of nitrogens with one attached hydrogen (secondary N) is 2. The zero-order valence-corrected chi connectivity index (χ0v) is 23.4. The van der Waals surface area contributed by atoms with Gasteiger partial charge in [-0.2, -0.15) is 0 Å². The Bertz CT molecular complexity index is 1700. The molecule has 0 aliphatic rings. The summed E-state index contributed by atoms with van der Waals surface area (Å²) in [4.78, 5) is 13.1. The van der Waals surface area contributed by atoms with Crippen LogP contribution in [0, 0.1) is 20.8 Å². The molecule has 0 fully saturated rings. The van der Waals surface area contributed by atoms with E-state index in [0.29, 0.717) is 17.1 Å². The molecule has 4 aromatic rings. The summed E-state index contributed by atoms with van der Waals surface area (Å²) in [6.07, 6.45) is 0. The normalized spacial score (nSPS) is 11.6. The van der Waals surface area contributed by atoms with Crippen LogP contribution in [0.2, 0.25) is 0 Å². The quantitative estimate of drug-likeness (QED) is 0.289. The molecule has 0 aromatic heterocycles. The number of hydrogen-bond donors (Lipinski definition) is 2. The first-order chi connectivity index (χ1) is 18.5. The second kappa shape index (κ2) is 11.3. The number of sulfonamides is 2. The average molecular weight is 564 g/mol. The second-order valence-electron chi connectivity index (χ2n) is 9.16. The lowest BCUT2D eigenvalue weighted by molar-refractivity contribution is -0.114. The molecule has 202 valence electrons. The first kappa shape index (κ1) is 27.9. The number of carbonyl (C=O) groups excluding carboxylic acids is 1. The lowest BCUT2D eigenvalue weighted by Gasteiger charge is -2.24. The molecule has 4 rings (SSSR count). The van der Waals surface area contributed by atoms with Crippen LogP contribution in [-0.2, 0) is 24.8 Å². The van der Waals surface area contributed by atoms with Gasteiger partial charge >= 0.3 is 0 Å². The number of benzene rings is 4. The van der Waals surface area contributed by atoms with E-state index in [9.17, 15) is 21.6 Å². The van der Waals surface area contributed by atoms with Crippen molar-refractivity contribution in [3.63, 3.8) is 0 Å². The standard InChI is InChI=1S/C29H29N3O5S2/c1-21-8-7-9-25(18-21)32(39(36,37)27-10-5-4-6-11-27)20-29(33)30-24-14-16-26(17-15-24)38(34,35)31-28-19-22(2)12-13-23(28)3/h4-19,31H,20H2,1-3H3,(H,30,33). The lowest BCUT2D eigenvalue weighted by Crippen LogP contribution is -2.38. The largest absolute Gasteiger partial charge is 0.325 e. The molecule has 0 aliphatic carbocycles. The minimum Gasteiger partial charge on any atom is -0.325 e. The third kappa shape index (κ3) is 6.65. The first-order valence-electron chi connectivity index (χ1n) is 12.1. The van der Waals surface area contributed by atoms with E-state index in [4.69, 9.17) is 0 Å². The third-order valence-corrected chi connectivity index (χ3v) is 9.16. The number of amides is 1. The van der Waals surface area contributed by atoms with Crippen LogP contribution in [-0.4, -0.2) is 29.3 Å². The highest BCUT2D eigenvalue weighted by Gasteiger charge is 2.27. The van der Waals surface area contributed by atoms with Gasteiger partial charge in [-0.15, -0.1) is 0 Å². The summed E-state index contributed by atoms with van der Waals surface area (Å²) < 4.78 is 56.4. The Hall–Kier alpha value is -4.15. The van der Waals surface area contributed by atoms with Crippen molar-refractivity contribution in [2.75, 3.05) is 20.9 Å². The van der Waals surface area contributed by atoms with Gasteiger partial charge in [0, 0.05) is 5.69 Å². The molecule has 0 radical (unpaired) electrons. The molecule has 0 unspecified atom stereocenters. The number of carbonyl (C=O) groups is 1. The molecule has 0 saturated carbocycles. The van der Waals surface area contributed by atoms with Crippen LogP contribution in [0.15, 0.2) is 107 Å². The van der Waals surface area contributed by atoms with Crippen molar-refractivity contribution in [2.24, 2.45) is 0 Å². The van der Waals surface area contributed by atoms with Crippen LogP contribution >= 0.6 is 0 Å². The van der Waals surface area contributed by atoms with E-state index < -0.39 is 32.5 Å². The zero-order chi connectivity index (χ0) is 28.2. The Morgan fingerprint density at radius 3 is 2.05 bits per heavy atom. The summed E-state index contributed by atoms with van der Waals surface area (Å²) in [5.41, 5.74) is 3.72. The van der Waals surface area contributed by atoms with E-state index in [0.717, 1.165) is 21.0 Å². The highest BCUT2D eigenvalue weighted by atomic mass is 32.2. The van der Waals surface area contributed by atoms with E-state index in [-0.39, 0.29) is 9.79 Å². The van der Waals surface area contributed by atoms with Crippen molar-refractivity contribution >= 4 is 43.0 Å². The van der Waals surface area contributed by atoms with Crippen molar-refractivity contribution in [1.29, 1.82) is 0 Å². The van der Waals surface area contributed by atoms with Gasteiger partial charge in [0.05, 0.1) is 21.2 Å². The van der Waals surface area contributed by atoms with Gasteiger partial charge in [-0.1, -0.05) is 42.5 Å². The van der Waals surface area contributed by atoms with Crippen LogP contribution in [0.4, 0.5) is 17.1 Å². The maximum absolute atomic E-state index is 13.5. The number of hydrogen-bond acceptors (Lipinski definition) is 5. The van der Waals surface area contributed by atoms with Crippen molar-refractivity contribution in [3.05, 3.63) is 114 Å². The Morgan fingerprint density at radius 1 is 0.718 bits per heavy atom. The van der Waals surface area contributed by atoms with Gasteiger partial charge in [-0.3, -0.25) is 13.8 Å². The number of nitrogens with zero attached hydrogens (tertiary/aromatic N) is 1. The Kier molecular flexibility index (Phi) is 8.08. The van der Waals surface area contributed by atoms with E-state index >= 15 is 0 Å². The smallest absolute Gasteiger partial charge is 0.264 e. The Labute approximate surface area is 229 Å². The molecule has 4 aromatic carbocycles. The highest BCUT2D eigenvalue weighted by molar-refractivity contribution is 7.93. The average Bonchev–Trinajstić information content (AvgIpc) is 2.90. The van der Waals surface area contributed by atoms with Gasteiger partial charge in [-0.05, 0) is 92.1 Å². The summed E-state index contributed by atoms with van der Waals surface area (Å²) >= 11 is 0. The van der Waals surface area contributed by atoms with Gasteiger partial charge in [0.1, 0.15) is 6.54 Å². The fourth-order valence-corrected chi connectivity index (χ4v) is 6.47. The Morgan fingerprint density at radius 2 is 1.38 bits per heavy atom. The Balaban J connectivity index is 1.53. The molecule has 8 nitrogen and oxygen atoms in total. The maximum atomic E-state index is 13.5. The monoisotopic (exact) mass is 563 g/mol. The summed E-state index contributed by atoms with van der Waals surface area (Å²) in [5, 5.41) is 2.66. The predicted octanol–water partition coefficient (Wildman–Crippen LogP) is 5.25. The minimum absolute atomic E-state index is 0.0226. The maximum Gasteiger partial charge on any atom is 0.264 e. The van der Waals surface area contributed by atoms with Crippen molar-refractivity contribution < 1.29 is 21.6 Å². The van der Waals surface area contributed by atoms with E-state index in [1.807, 2.05) is 39.0 Å². The molecule has 2 N–H and O–H groups in total. The molecule has 0 bridgehead atoms. The molecule has 0 saturated heterocycles. The number of rotatable bonds is 9. The molecular weight excluding hydrogens is 534 g/mol. The first-order valence-corrected chi connectivity index (χ1v) is 15.0. The fraction of sp³-hybridized carbons (Fsp3) is 0.138. The van der Waals surface area contributed by atoms with Gasteiger partial charge in [-0.25, -0.2) is 16.8 Å². The molecule has 1 amide bonds. The predicted molar refractivity (Wildman–Crippen MR) is 154 cm³/mol. The number of anilines is 3. The van der Waals surface area contributed by atoms with Crippen molar-refractivity contribution in [1.82, 2.24) is 0 Å². The molecule has 0 aliphatic heterocycles. The molecular formula is C29H29N3O5S2. The van der Waals surface area contributed by atoms with Gasteiger partial charge in [0.25, 0.3) is 20.0 Å². The summed E-state index contributed by atoms with van der Waals surface area (Å²) in [6.45, 7) is 5.05. The molecule has 0 spiro atoms. The van der Waals surface area contributed by atoms with Gasteiger partial charge < -0.3 is 5.32 Å². The van der Waals surface area contributed by atoms with Crippen molar-refractivity contribution in [3.8, 4) is 0 Å². The number of aryl methyl sites for hydroxylation is 3. The zero-order valence-electron chi connectivity index (χ0n) is 21.7. The van der Waals surface area contributed by atoms with E-state index in [2.05, 4.69) is 10.0 Å². The SMILES string of the molecule is Cc1cccc(N(CC(=O)Nc2ccc(S(=O)(=O)Nc3cc(C)ccc3C)cc2)S(=O)(=O)c2ccccc2)c1. The van der Waals surface area contributed by atoms with Crippen LogP contribution < -0.4 is 14.3 Å². The van der Waals surface area contributed by atoms with Gasteiger partial charge in [0.15, 0.2) is 0 Å². The molecule has 10 heteroatoms. The fourth-order valence-electron chi connectivity index (χ4n) is 3.92. The minimum atomic E-state index is -4.04. The van der Waals surface area contributed by atoms with Crippen LogP contribution in [0.5, 0.6) is 0 Å². The van der Waals surface area contributed by atoms with Crippen LogP contribution in [0.25, 0.3) is 0 Å². The second-order valence-corrected chi connectivity index (χ2v) is 12.7. The molecule has 0 heterocycles. The van der Waals surface area contributed by atoms with Gasteiger partial charge in [0.2, 0.25) is 5.91 Å².